The van der Waals surface area contributed by atoms with Crippen LogP contribution in [-0.4, -0.2) is 12.1 Å². The number of hydrogen-bond acceptors (Lipinski definition) is 2. The summed E-state index contributed by atoms with van der Waals surface area (Å²) in [5, 5.41) is 0. The zero-order chi connectivity index (χ0) is 14.5. The molecule has 1 aliphatic rings. The molecule has 1 rings (SSSR count). The molecular formula is C18H28O2. The molecule has 0 saturated carbocycles. The lowest BCUT2D eigenvalue weighted by Crippen LogP contribution is -2.14. The van der Waals surface area contributed by atoms with Crippen LogP contribution in [-0.2, 0) is 9.53 Å². The van der Waals surface area contributed by atoms with E-state index in [0.29, 0.717) is 6.42 Å². The first-order chi connectivity index (χ1) is 9.83. The number of carbonyl (C=O) groups excluding carboxylic acids is 1. The topological polar surface area (TPSA) is 26.3 Å². The highest BCUT2D eigenvalue weighted by molar-refractivity contribution is 5.69. The average Bonchev–Trinajstić information content (AvgIpc) is 2.43. The summed E-state index contributed by atoms with van der Waals surface area (Å²) in [5.41, 5.74) is 0. The summed E-state index contributed by atoms with van der Waals surface area (Å²) in [6.45, 7) is 2.12. The Morgan fingerprint density at radius 3 is 2.80 bits per heavy atom. The van der Waals surface area contributed by atoms with Crippen LogP contribution in [0.15, 0.2) is 36.5 Å². The van der Waals surface area contributed by atoms with Crippen molar-refractivity contribution in [1.82, 2.24) is 0 Å². The molecule has 1 aliphatic heterocycles. The highest BCUT2D eigenvalue weighted by Crippen LogP contribution is 2.12. The first kappa shape index (κ1) is 16.7. The van der Waals surface area contributed by atoms with E-state index in [4.69, 9.17) is 4.74 Å². The molecule has 1 heterocycles. The quantitative estimate of drug-likeness (QED) is 0.527. The highest BCUT2D eigenvalue weighted by atomic mass is 16.5. The molecule has 1 unspecified atom stereocenters. The Hall–Kier alpha value is -1.31. The second kappa shape index (κ2) is 11.5. The van der Waals surface area contributed by atoms with Gasteiger partial charge in [-0.25, -0.2) is 0 Å². The predicted molar refractivity (Wildman–Crippen MR) is 84.5 cm³/mol. The van der Waals surface area contributed by atoms with E-state index in [0.717, 1.165) is 32.1 Å². The largest absolute Gasteiger partial charge is 0.454 e. The zero-order valence-corrected chi connectivity index (χ0v) is 12.7. The van der Waals surface area contributed by atoms with Crippen molar-refractivity contribution in [3.05, 3.63) is 36.5 Å². The Balaban J connectivity index is 2.50. The molecular weight excluding hydrogens is 248 g/mol. The Morgan fingerprint density at radius 1 is 1.15 bits per heavy atom. The van der Waals surface area contributed by atoms with Crippen molar-refractivity contribution in [2.75, 3.05) is 0 Å². The van der Waals surface area contributed by atoms with E-state index in [1.54, 1.807) is 0 Å². The molecule has 0 aliphatic carbocycles. The van der Waals surface area contributed by atoms with Crippen LogP contribution in [0, 0.1) is 0 Å². The third kappa shape index (κ3) is 8.73. The number of carbonyl (C=O) groups is 1. The van der Waals surface area contributed by atoms with Crippen LogP contribution in [0.25, 0.3) is 0 Å². The molecule has 0 aromatic rings. The minimum Gasteiger partial charge on any atom is -0.454 e. The van der Waals surface area contributed by atoms with E-state index in [2.05, 4.69) is 31.2 Å². The molecule has 0 aromatic carbocycles. The fraction of sp³-hybridized carbons (Fsp3) is 0.611. The van der Waals surface area contributed by atoms with Gasteiger partial charge >= 0.3 is 5.97 Å². The third-order valence-corrected chi connectivity index (χ3v) is 3.35. The molecule has 0 amide bonds. The Morgan fingerprint density at radius 2 is 1.95 bits per heavy atom. The number of allylic oxidation sites excluding steroid dienone is 4. The summed E-state index contributed by atoms with van der Waals surface area (Å²) in [7, 11) is 0. The van der Waals surface area contributed by atoms with Gasteiger partial charge in [-0.1, -0.05) is 50.5 Å². The van der Waals surface area contributed by atoms with E-state index >= 15 is 0 Å². The standard InChI is InChI=1S/C18H28O2/c1-2-3-4-8-11-14-17-15-12-9-6-5-7-10-13-16-18(19)20-17/h3-4,11-12,14-15,17H,2,5-10,13,16H2,1H3/b4-3-,14-11-,15-12-. The van der Waals surface area contributed by atoms with Crippen LogP contribution in [0.4, 0.5) is 0 Å². The van der Waals surface area contributed by atoms with E-state index in [1.165, 1.54) is 19.3 Å². The number of rotatable bonds is 4. The van der Waals surface area contributed by atoms with Crippen molar-refractivity contribution in [1.29, 1.82) is 0 Å². The van der Waals surface area contributed by atoms with Gasteiger partial charge in [-0.3, -0.25) is 4.79 Å². The SMILES string of the molecule is CC/C=C\C/C=C\C1/C=C\CCCCCCCC(=O)O1. The Kier molecular flexibility index (Phi) is 9.64. The zero-order valence-electron chi connectivity index (χ0n) is 12.7. The van der Waals surface area contributed by atoms with Crippen LogP contribution in [0.3, 0.4) is 0 Å². The molecule has 0 N–H and O–H groups in total. The fourth-order valence-corrected chi connectivity index (χ4v) is 2.20. The average molecular weight is 276 g/mol. The minimum atomic E-state index is -0.197. The molecule has 20 heavy (non-hydrogen) atoms. The monoisotopic (exact) mass is 276 g/mol. The van der Waals surface area contributed by atoms with Crippen molar-refractivity contribution >= 4 is 5.97 Å². The maximum absolute atomic E-state index is 11.7. The number of cyclic esters (lactones) is 1. The van der Waals surface area contributed by atoms with Gasteiger partial charge in [-0.05, 0) is 44.3 Å². The molecule has 0 fully saturated rings. The van der Waals surface area contributed by atoms with E-state index in [1.807, 2.05) is 12.2 Å². The maximum atomic E-state index is 11.7. The second-order valence-corrected chi connectivity index (χ2v) is 5.23. The molecule has 0 saturated heterocycles. The van der Waals surface area contributed by atoms with Crippen molar-refractivity contribution < 1.29 is 9.53 Å². The summed E-state index contributed by atoms with van der Waals surface area (Å²) in [6.07, 6.45) is 21.7. The van der Waals surface area contributed by atoms with Crippen molar-refractivity contribution in [2.45, 2.75) is 70.8 Å². The second-order valence-electron chi connectivity index (χ2n) is 5.23. The van der Waals surface area contributed by atoms with Gasteiger partial charge in [0.05, 0.1) is 0 Å². The van der Waals surface area contributed by atoms with Gasteiger partial charge in [0, 0.05) is 6.42 Å². The van der Waals surface area contributed by atoms with Crippen LogP contribution < -0.4 is 0 Å². The van der Waals surface area contributed by atoms with Gasteiger partial charge in [-0.15, -0.1) is 0 Å². The first-order valence-corrected chi connectivity index (χ1v) is 8.00. The van der Waals surface area contributed by atoms with Crippen LogP contribution >= 0.6 is 0 Å². The summed E-state index contributed by atoms with van der Waals surface area (Å²) in [4.78, 5) is 11.7. The Labute approximate surface area is 123 Å². The maximum Gasteiger partial charge on any atom is 0.306 e. The molecule has 2 heteroatoms. The lowest BCUT2D eigenvalue weighted by molar-refractivity contribution is -0.145. The molecule has 0 spiro atoms. The predicted octanol–water partition coefficient (Wildman–Crippen LogP) is 5.11. The minimum absolute atomic E-state index is 0.0750. The number of hydrogen-bond donors (Lipinski definition) is 0. The highest BCUT2D eigenvalue weighted by Gasteiger charge is 2.08. The first-order valence-electron chi connectivity index (χ1n) is 8.00. The molecule has 112 valence electrons. The smallest absolute Gasteiger partial charge is 0.306 e. The summed E-state index contributed by atoms with van der Waals surface area (Å²) in [6, 6.07) is 0. The summed E-state index contributed by atoms with van der Waals surface area (Å²) < 4.78 is 5.49. The van der Waals surface area contributed by atoms with Crippen LogP contribution in [0.2, 0.25) is 0 Å². The Bertz CT molecular complexity index is 339. The third-order valence-electron chi connectivity index (χ3n) is 3.35. The number of esters is 1. The fourth-order valence-electron chi connectivity index (χ4n) is 2.20. The summed E-state index contributed by atoms with van der Waals surface area (Å²) in [5.74, 6) is -0.0750. The molecule has 0 radical (unpaired) electrons. The van der Waals surface area contributed by atoms with Gasteiger partial charge in [0.2, 0.25) is 0 Å². The molecule has 0 bridgehead atoms. The molecule has 0 aromatic heterocycles. The normalized spacial score (nSPS) is 24.2. The van der Waals surface area contributed by atoms with E-state index in [9.17, 15) is 4.79 Å². The lowest BCUT2D eigenvalue weighted by Gasteiger charge is -2.11. The molecule has 2 nitrogen and oxygen atoms in total. The van der Waals surface area contributed by atoms with Gasteiger partial charge in [0.1, 0.15) is 6.10 Å². The van der Waals surface area contributed by atoms with E-state index in [-0.39, 0.29) is 12.1 Å². The lowest BCUT2D eigenvalue weighted by atomic mass is 10.1. The van der Waals surface area contributed by atoms with Crippen molar-refractivity contribution in [3.8, 4) is 0 Å². The van der Waals surface area contributed by atoms with Crippen molar-refractivity contribution in [2.24, 2.45) is 0 Å². The van der Waals surface area contributed by atoms with E-state index < -0.39 is 0 Å². The van der Waals surface area contributed by atoms with Crippen LogP contribution in [0.1, 0.15) is 64.7 Å². The molecule has 1 atom stereocenters. The van der Waals surface area contributed by atoms with Gasteiger partial charge in [0.25, 0.3) is 0 Å². The van der Waals surface area contributed by atoms with Crippen molar-refractivity contribution in [3.63, 3.8) is 0 Å². The summed E-state index contributed by atoms with van der Waals surface area (Å²) >= 11 is 0. The number of ether oxygens (including phenoxy) is 1. The van der Waals surface area contributed by atoms with Gasteiger partial charge in [0.15, 0.2) is 0 Å². The van der Waals surface area contributed by atoms with Gasteiger partial charge < -0.3 is 4.74 Å². The van der Waals surface area contributed by atoms with Gasteiger partial charge in [-0.2, -0.15) is 0 Å². The van der Waals surface area contributed by atoms with Crippen LogP contribution in [0.5, 0.6) is 0 Å².